The van der Waals surface area contributed by atoms with E-state index in [2.05, 4.69) is 11.1 Å². The van der Waals surface area contributed by atoms with Crippen LogP contribution in [-0.2, 0) is 0 Å². The fourth-order valence-corrected chi connectivity index (χ4v) is 4.07. The number of aromatic nitrogens is 2. The van der Waals surface area contributed by atoms with Gasteiger partial charge in [0.2, 0.25) is 0 Å². The van der Waals surface area contributed by atoms with Gasteiger partial charge in [-0.25, -0.2) is 9.78 Å². The van der Waals surface area contributed by atoms with Gasteiger partial charge in [0.1, 0.15) is 11.3 Å². The van der Waals surface area contributed by atoms with E-state index in [4.69, 9.17) is 14.5 Å². The Balaban J connectivity index is 1.65. The molecule has 162 valence electrons. The van der Waals surface area contributed by atoms with Crippen LogP contribution in [-0.4, -0.2) is 23.0 Å². The van der Waals surface area contributed by atoms with E-state index in [9.17, 15) is 4.79 Å². The van der Waals surface area contributed by atoms with E-state index >= 15 is 0 Å². The normalized spacial score (nSPS) is 11.0. The number of carbonyl (C=O) groups is 1. The highest BCUT2D eigenvalue weighted by Gasteiger charge is 2.19. The number of esters is 1. The summed E-state index contributed by atoms with van der Waals surface area (Å²) in [5, 5.41) is 1.68. The van der Waals surface area contributed by atoms with Crippen LogP contribution < -0.4 is 9.47 Å². The maximum atomic E-state index is 13.5. The molecule has 0 bridgehead atoms. The number of pyridine rings is 2. The second-order valence-electron chi connectivity index (χ2n) is 7.98. The van der Waals surface area contributed by atoms with Crippen LogP contribution in [0.5, 0.6) is 11.5 Å². The lowest BCUT2D eigenvalue weighted by atomic mass is 10.00. The van der Waals surface area contributed by atoms with E-state index < -0.39 is 5.97 Å². The lowest BCUT2D eigenvalue weighted by Crippen LogP contribution is -2.11. The first-order valence-electron chi connectivity index (χ1n) is 10.7. The van der Waals surface area contributed by atoms with Gasteiger partial charge in [-0.2, -0.15) is 0 Å². The van der Waals surface area contributed by atoms with Crippen molar-refractivity contribution in [2.24, 2.45) is 0 Å². The second-order valence-corrected chi connectivity index (χ2v) is 7.98. The first-order chi connectivity index (χ1) is 16.0. The summed E-state index contributed by atoms with van der Waals surface area (Å²) in [7, 11) is 1.63. The Hall–Kier alpha value is -4.25. The second kappa shape index (κ2) is 8.36. The van der Waals surface area contributed by atoms with Crippen LogP contribution in [0.4, 0.5) is 0 Å². The number of hydrogen-bond acceptors (Lipinski definition) is 5. The van der Waals surface area contributed by atoms with Gasteiger partial charge in [0.25, 0.3) is 0 Å². The quantitative estimate of drug-likeness (QED) is 0.246. The van der Waals surface area contributed by atoms with Crippen LogP contribution in [0.2, 0.25) is 0 Å². The summed E-state index contributed by atoms with van der Waals surface area (Å²) in [5.74, 6) is 0.744. The standard InChI is InChI=1S/C28H22N2O3/c1-17-14-18(2)26-22(15-17)23(16-24(30-26)19-9-11-21(32-3)12-10-19)28(31)33-25-8-4-6-20-7-5-13-29-27(20)25/h4-16H,1-3H3. The predicted molar refractivity (Wildman–Crippen MR) is 130 cm³/mol. The van der Waals surface area contributed by atoms with Crippen molar-refractivity contribution in [2.75, 3.05) is 7.11 Å². The summed E-state index contributed by atoms with van der Waals surface area (Å²) >= 11 is 0. The van der Waals surface area contributed by atoms with Crippen molar-refractivity contribution >= 4 is 27.8 Å². The van der Waals surface area contributed by atoms with Gasteiger partial charge in [-0.1, -0.05) is 29.8 Å². The highest BCUT2D eigenvalue weighted by Crippen LogP contribution is 2.31. The summed E-state index contributed by atoms with van der Waals surface area (Å²) in [6.45, 7) is 4.01. The smallest absolute Gasteiger partial charge is 0.344 e. The molecule has 5 rings (SSSR count). The number of rotatable bonds is 4. The summed E-state index contributed by atoms with van der Waals surface area (Å²) in [4.78, 5) is 22.8. The van der Waals surface area contributed by atoms with Gasteiger partial charge in [0.15, 0.2) is 5.75 Å². The topological polar surface area (TPSA) is 61.3 Å². The van der Waals surface area contributed by atoms with Gasteiger partial charge in [-0.05, 0) is 67.9 Å². The van der Waals surface area contributed by atoms with Crippen LogP contribution in [0.3, 0.4) is 0 Å². The van der Waals surface area contributed by atoms with Crippen LogP contribution in [0.1, 0.15) is 21.5 Å². The van der Waals surface area contributed by atoms with Gasteiger partial charge in [-0.3, -0.25) is 4.98 Å². The summed E-state index contributed by atoms with van der Waals surface area (Å²) in [6, 6.07) is 22.8. The minimum Gasteiger partial charge on any atom is -0.497 e. The van der Waals surface area contributed by atoms with E-state index in [0.717, 1.165) is 38.7 Å². The Morgan fingerprint density at radius 1 is 0.879 bits per heavy atom. The Morgan fingerprint density at radius 2 is 1.67 bits per heavy atom. The molecule has 0 unspecified atom stereocenters. The number of aryl methyl sites for hydroxylation is 2. The molecule has 0 aliphatic carbocycles. The third-order valence-corrected chi connectivity index (χ3v) is 5.65. The number of methoxy groups -OCH3 is 1. The number of carbonyl (C=O) groups excluding carboxylic acids is 1. The first-order valence-corrected chi connectivity index (χ1v) is 10.7. The van der Waals surface area contributed by atoms with E-state index in [0.29, 0.717) is 22.5 Å². The van der Waals surface area contributed by atoms with Crippen LogP contribution >= 0.6 is 0 Å². The van der Waals surface area contributed by atoms with Crippen molar-refractivity contribution in [3.05, 3.63) is 95.7 Å². The summed E-state index contributed by atoms with van der Waals surface area (Å²) in [5.41, 5.74) is 5.52. The third-order valence-electron chi connectivity index (χ3n) is 5.65. The van der Waals surface area contributed by atoms with Gasteiger partial charge in [0.05, 0.1) is 23.9 Å². The molecule has 3 aromatic carbocycles. The van der Waals surface area contributed by atoms with Gasteiger partial charge < -0.3 is 9.47 Å². The number of fused-ring (bicyclic) bond motifs is 2. The number of hydrogen-bond donors (Lipinski definition) is 0. The van der Waals surface area contributed by atoms with E-state index in [1.807, 2.05) is 68.4 Å². The molecule has 0 amide bonds. The first kappa shape index (κ1) is 20.6. The molecule has 0 saturated heterocycles. The molecule has 5 nitrogen and oxygen atoms in total. The van der Waals surface area contributed by atoms with Gasteiger partial charge in [-0.15, -0.1) is 0 Å². The zero-order valence-corrected chi connectivity index (χ0v) is 18.6. The monoisotopic (exact) mass is 434 g/mol. The lowest BCUT2D eigenvalue weighted by molar-refractivity contribution is 0.0739. The maximum Gasteiger partial charge on any atom is 0.344 e. The summed E-state index contributed by atoms with van der Waals surface area (Å²) < 4.78 is 11.2. The van der Waals surface area contributed by atoms with Crippen LogP contribution in [0.15, 0.2) is 79.0 Å². The number of ether oxygens (including phenoxy) is 2. The molecular weight excluding hydrogens is 412 g/mol. The Kier molecular flexibility index (Phi) is 5.23. The molecule has 0 atom stereocenters. The average Bonchev–Trinajstić information content (AvgIpc) is 2.84. The van der Waals surface area contributed by atoms with Crippen molar-refractivity contribution < 1.29 is 14.3 Å². The van der Waals surface area contributed by atoms with E-state index in [-0.39, 0.29) is 0 Å². The Bertz CT molecular complexity index is 1500. The van der Waals surface area contributed by atoms with Crippen LogP contribution in [0.25, 0.3) is 33.1 Å². The molecule has 2 aromatic heterocycles. The highest BCUT2D eigenvalue weighted by molar-refractivity contribution is 6.07. The van der Waals surface area contributed by atoms with E-state index in [1.165, 1.54) is 0 Å². The minimum absolute atomic E-state index is 0.429. The summed E-state index contributed by atoms with van der Waals surface area (Å²) in [6.07, 6.45) is 1.69. The molecule has 0 spiro atoms. The van der Waals surface area contributed by atoms with Crippen molar-refractivity contribution in [1.29, 1.82) is 0 Å². The average molecular weight is 434 g/mol. The molecule has 0 fully saturated rings. The van der Waals surface area contributed by atoms with Crippen molar-refractivity contribution in [1.82, 2.24) is 9.97 Å². The lowest BCUT2D eigenvalue weighted by Gasteiger charge is -2.13. The zero-order chi connectivity index (χ0) is 22.9. The molecule has 0 saturated carbocycles. The molecule has 0 radical (unpaired) electrons. The third kappa shape index (κ3) is 3.89. The fourth-order valence-electron chi connectivity index (χ4n) is 4.07. The fraction of sp³-hybridized carbons (Fsp3) is 0.107. The van der Waals surface area contributed by atoms with Gasteiger partial charge in [0, 0.05) is 22.5 Å². The maximum absolute atomic E-state index is 13.5. The SMILES string of the molecule is COc1ccc(-c2cc(C(=O)Oc3cccc4cccnc34)c3cc(C)cc(C)c3n2)cc1. The Morgan fingerprint density at radius 3 is 2.45 bits per heavy atom. The van der Waals surface area contributed by atoms with Crippen molar-refractivity contribution in [2.45, 2.75) is 13.8 Å². The molecule has 5 heteroatoms. The molecule has 33 heavy (non-hydrogen) atoms. The number of para-hydroxylation sites is 1. The Labute approximate surface area is 191 Å². The zero-order valence-electron chi connectivity index (χ0n) is 18.6. The van der Waals surface area contributed by atoms with Crippen LogP contribution in [0, 0.1) is 13.8 Å². The largest absolute Gasteiger partial charge is 0.497 e. The van der Waals surface area contributed by atoms with Crippen molar-refractivity contribution in [3.8, 4) is 22.8 Å². The predicted octanol–water partition coefficient (Wildman–Crippen LogP) is 6.29. The highest BCUT2D eigenvalue weighted by atomic mass is 16.5. The molecule has 2 heterocycles. The molecule has 5 aromatic rings. The molecule has 0 aliphatic rings. The van der Waals surface area contributed by atoms with E-state index in [1.54, 1.807) is 25.4 Å². The minimum atomic E-state index is -0.444. The van der Waals surface area contributed by atoms with Gasteiger partial charge >= 0.3 is 5.97 Å². The molecule has 0 aliphatic heterocycles. The number of nitrogens with zero attached hydrogens (tertiary/aromatic N) is 2. The molecule has 0 N–H and O–H groups in total. The number of benzene rings is 3. The van der Waals surface area contributed by atoms with Crippen molar-refractivity contribution in [3.63, 3.8) is 0 Å². The molecular formula is C28H22N2O3.